The monoisotopic (exact) mass is 227 g/mol. The summed E-state index contributed by atoms with van der Waals surface area (Å²) < 4.78 is 0.669. The Morgan fingerprint density at radius 1 is 1.62 bits per heavy atom. The predicted octanol–water partition coefficient (Wildman–Crippen LogP) is -0.455. The van der Waals surface area contributed by atoms with E-state index in [2.05, 4.69) is 4.98 Å². The van der Waals surface area contributed by atoms with E-state index in [0.717, 1.165) is 6.07 Å². The zero-order valence-corrected chi connectivity index (χ0v) is 8.77. The molecule has 1 heterocycles. The molecule has 0 saturated carbocycles. The van der Waals surface area contributed by atoms with Crippen LogP contribution in [-0.4, -0.2) is 20.6 Å². The van der Waals surface area contributed by atoms with Gasteiger partial charge in [0.05, 0.1) is 0 Å². The molecule has 16 heavy (non-hydrogen) atoms. The summed E-state index contributed by atoms with van der Waals surface area (Å²) in [5, 5.41) is 8.93. The molecular formula is C9H13N3O4. The zero-order valence-electron chi connectivity index (χ0n) is 8.77. The number of aromatic nitrogens is 2. The van der Waals surface area contributed by atoms with E-state index in [9.17, 15) is 14.4 Å². The first-order valence-electron chi connectivity index (χ1n) is 4.81. The molecule has 0 aliphatic heterocycles. The van der Waals surface area contributed by atoms with Crippen LogP contribution >= 0.6 is 0 Å². The van der Waals surface area contributed by atoms with Crippen LogP contribution < -0.4 is 17.0 Å². The lowest BCUT2D eigenvalue weighted by Gasteiger charge is -2.13. The molecule has 4 N–H and O–H groups in total. The second kappa shape index (κ2) is 4.65. The molecule has 0 aliphatic rings. The third kappa shape index (κ3) is 2.30. The molecule has 7 nitrogen and oxygen atoms in total. The number of nitrogens with zero attached hydrogens (tertiary/aromatic N) is 1. The van der Waals surface area contributed by atoms with Gasteiger partial charge in [0.15, 0.2) is 0 Å². The van der Waals surface area contributed by atoms with Crippen LogP contribution in [0.15, 0.2) is 15.7 Å². The van der Waals surface area contributed by atoms with Gasteiger partial charge in [-0.2, -0.15) is 0 Å². The van der Waals surface area contributed by atoms with Gasteiger partial charge in [-0.15, -0.1) is 0 Å². The van der Waals surface area contributed by atoms with Crippen molar-refractivity contribution in [3.63, 3.8) is 0 Å². The van der Waals surface area contributed by atoms with E-state index in [0.29, 0.717) is 11.0 Å². The molecule has 0 saturated heterocycles. The lowest BCUT2D eigenvalue weighted by atomic mass is 10.1. The molecular weight excluding hydrogens is 214 g/mol. The molecule has 0 radical (unpaired) electrons. The summed E-state index contributed by atoms with van der Waals surface area (Å²) in [6.45, 7) is 1.77. The van der Waals surface area contributed by atoms with Crippen molar-refractivity contribution in [2.45, 2.75) is 25.8 Å². The Morgan fingerprint density at radius 2 is 2.25 bits per heavy atom. The van der Waals surface area contributed by atoms with Crippen LogP contribution in [0.5, 0.6) is 0 Å². The van der Waals surface area contributed by atoms with Crippen LogP contribution in [0.3, 0.4) is 0 Å². The van der Waals surface area contributed by atoms with E-state index in [1.54, 1.807) is 6.92 Å². The zero-order chi connectivity index (χ0) is 12.3. The van der Waals surface area contributed by atoms with Crippen molar-refractivity contribution in [1.82, 2.24) is 9.55 Å². The number of aromatic amines is 1. The first kappa shape index (κ1) is 12.0. The first-order valence-corrected chi connectivity index (χ1v) is 4.81. The van der Waals surface area contributed by atoms with Crippen molar-refractivity contribution in [2.24, 2.45) is 0 Å². The van der Waals surface area contributed by atoms with E-state index >= 15 is 0 Å². The minimum atomic E-state index is -1.21. The predicted molar refractivity (Wildman–Crippen MR) is 57.3 cm³/mol. The van der Waals surface area contributed by atoms with Gasteiger partial charge in [-0.3, -0.25) is 9.78 Å². The van der Waals surface area contributed by atoms with Crippen molar-refractivity contribution in [1.29, 1.82) is 0 Å². The topological polar surface area (TPSA) is 118 Å². The standard InChI is InChI=1S/C9H13N3O4/c1-2-3-5(8(14)15)12-7(13)4-6(10)11-9(12)16/h4-5H,2-3,10H2,1H3,(H,11,16)(H,14,15). The molecule has 1 rings (SSSR count). The van der Waals surface area contributed by atoms with Gasteiger partial charge in [0.1, 0.15) is 11.9 Å². The molecule has 0 bridgehead atoms. The van der Waals surface area contributed by atoms with E-state index < -0.39 is 23.3 Å². The summed E-state index contributed by atoms with van der Waals surface area (Å²) in [6.07, 6.45) is 0.759. The molecule has 88 valence electrons. The molecule has 0 fully saturated rings. The number of rotatable bonds is 4. The number of carbonyl (C=O) groups is 1. The second-order valence-electron chi connectivity index (χ2n) is 3.38. The fourth-order valence-corrected chi connectivity index (χ4v) is 1.45. The molecule has 1 aromatic rings. The highest BCUT2D eigenvalue weighted by atomic mass is 16.4. The number of nitrogens with two attached hydrogens (primary N) is 1. The maximum absolute atomic E-state index is 11.5. The van der Waals surface area contributed by atoms with Crippen molar-refractivity contribution >= 4 is 11.8 Å². The highest BCUT2D eigenvalue weighted by molar-refractivity contribution is 5.71. The number of hydrogen-bond donors (Lipinski definition) is 3. The molecule has 0 spiro atoms. The molecule has 1 atom stereocenters. The Bertz CT molecular complexity index is 471. The van der Waals surface area contributed by atoms with Crippen molar-refractivity contribution in [2.75, 3.05) is 5.73 Å². The summed E-state index contributed by atoms with van der Waals surface area (Å²) in [5.41, 5.74) is 3.76. The van der Waals surface area contributed by atoms with Crippen LogP contribution in [0.1, 0.15) is 25.8 Å². The number of anilines is 1. The third-order valence-electron chi connectivity index (χ3n) is 2.15. The quantitative estimate of drug-likeness (QED) is 0.643. The van der Waals surface area contributed by atoms with Crippen LogP contribution in [-0.2, 0) is 4.79 Å². The Morgan fingerprint density at radius 3 is 2.69 bits per heavy atom. The lowest BCUT2D eigenvalue weighted by molar-refractivity contribution is -0.141. The van der Waals surface area contributed by atoms with Crippen molar-refractivity contribution in [3.05, 3.63) is 26.9 Å². The maximum Gasteiger partial charge on any atom is 0.330 e. The summed E-state index contributed by atoms with van der Waals surface area (Å²) in [6, 6.07) is -0.158. The van der Waals surface area contributed by atoms with E-state index in [4.69, 9.17) is 10.8 Å². The van der Waals surface area contributed by atoms with Crippen LogP contribution in [0.2, 0.25) is 0 Å². The molecule has 0 aromatic carbocycles. The lowest BCUT2D eigenvalue weighted by Crippen LogP contribution is -2.40. The van der Waals surface area contributed by atoms with Gasteiger partial charge in [-0.25, -0.2) is 14.2 Å². The molecule has 7 heteroatoms. The van der Waals surface area contributed by atoms with E-state index in [1.807, 2.05) is 0 Å². The summed E-state index contributed by atoms with van der Waals surface area (Å²) >= 11 is 0. The van der Waals surface area contributed by atoms with Gasteiger partial charge in [-0.1, -0.05) is 13.3 Å². The highest BCUT2D eigenvalue weighted by Crippen LogP contribution is 2.09. The van der Waals surface area contributed by atoms with E-state index in [1.165, 1.54) is 0 Å². The molecule has 1 unspecified atom stereocenters. The number of aliphatic carboxylic acids is 1. The highest BCUT2D eigenvalue weighted by Gasteiger charge is 2.22. The van der Waals surface area contributed by atoms with Gasteiger partial charge in [-0.05, 0) is 6.42 Å². The Kier molecular flexibility index (Phi) is 3.49. The molecule has 1 aromatic heterocycles. The van der Waals surface area contributed by atoms with Gasteiger partial charge in [0.25, 0.3) is 5.56 Å². The van der Waals surface area contributed by atoms with E-state index in [-0.39, 0.29) is 12.2 Å². The van der Waals surface area contributed by atoms with Crippen molar-refractivity contribution in [3.8, 4) is 0 Å². The summed E-state index contributed by atoms with van der Waals surface area (Å²) in [5.74, 6) is -1.29. The molecule has 0 aliphatic carbocycles. The van der Waals surface area contributed by atoms with Crippen LogP contribution in [0.25, 0.3) is 0 Å². The first-order chi connectivity index (χ1) is 7.47. The van der Waals surface area contributed by atoms with Gasteiger partial charge < -0.3 is 10.8 Å². The maximum atomic E-state index is 11.5. The average Bonchev–Trinajstić information content (AvgIpc) is 2.14. The summed E-state index contributed by atoms with van der Waals surface area (Å²) in [7, 11) is 0. The number of hydrogen-bond acceptors (Lipinski definition) is 4. The second-order valence-corrected chi connectivity index (χ2v) is 3.38. The summed E-state index contributed by atoms with van der Waals surface area (Å²) in [4.78, 5) is 36.1. The van der Waals surface area contributed by atoms with Gasteiger partial charge in [0, 0.05) is 6.07 Å². The number of nitrogen functional groups attached to an aromatic ring is 1. The Labute approximate surface area is 90.5 Å². The average molecular weight is 227 g/mol. The largest absolute Gasteiger partial charge is 0.480 e. The fourth-order valence-electron chi connectivity index (χ4n) is 1.45. The number of carboxylic acid groups (broad SMARTS) is 1. The minimum absolute atomic E-state index is 0.0770. The number of nitrogens with one attached hydrogen (secondary N) is 1. The Balaban J connectivity index is 3.35. The van der Waals surface area contributed by atoms with Crippen LogP contribution in [0, 0.1) is 0 Å². The minimum Gasteiger partial charge on any atom is -0.480 e. The van der Waals surface area contributed by atoms with Gasteiger partial charge >= 0.3 is 11.7 Å². The van der Waals surface area contributed by atoms with Crippen LogP contribution in [0.4, 0.5) is 5.82 Å². The smallest absolute Gasteiger partial charge is 0.330 e. The molecule has 0 amide bonds. The number of H-pyrrole nitrogens is 1. The Hall–Kier alpha value is -2.05. The SMILES string of the molecule is CCCC(C(=O)O)n1c(=O)cc(N)[nH]c1=O. The fraction of sp³-hybridized carbons (Fsp3) is 0.444. The normalized spacial score (nSPS) is 12.3. The van der Waals surface area contributed by atoms with Crippen molar-refractivity contribution < 1.29 is 9.90 Å². The van der Waals surface area contributed by atoms with Gasteiger partial charge in [0.2, 0.25) is 0 Å². The third-order valence-corrected chi connectivity index (χ3v) is 2.15. The number of carboxylic acids is 1.